The number of anilines is 3. The predicted octanol–water partition coefficient (Wildman–Crippen LogP) is 5.52. The van der Waals surface area contributed by atoms with Gasteiger partial charge in [-0.1, -0.05) is 35.9 Å². The van der Waals surface area contributed by atoms with E-state index in [4.69, 9.17) is 4.98 Å². The van der Waals surface area contributed by atoms with Crippen molar-refractivity contribution in [3.63, 3.8) is 0 Å². The van der Waals surface area contributed by atoms with Gasteiger partial charge in [-0.3, -0.25) is 0 Å². The average molecular weight is 414 g/mol. The summed E-state index contributed by atoms with van der Waals surface area (Å²) in [5.74, 6) is 0.620. The van der Waals surface area contributed by atoms with Crippen molar-refractivity contribution in [2.45, 2.75) is 52.1 Å². The summed E-state index contributed by atoms with van der Waals surface area (Å²) < 4.78 is 0. The van der Waals surface area contributed by atoms with Crippen molar-refractivity contribution in [2.24, 2.45) is 0 Å². The Morgan fingerprint density at radius 3 is 2.35 bits per heavy atom. The molecule has 2 heterocycles. The zero-order valence-corrected chi connectivity index (χ0v) is 18.9. The standard InChI is InChI=1S/C26H31N5/c1-18-9-11-19(12-10-18)28-25-22(17-27)24(21-7-5-6-8-23(21)29-25)31-15-13-20(14-16-31)30-26(2,3)4/h5-12,20,30H,13-16H2,1-4H3,(H,28,29). The maximum Gasteiger partial charge on any atom is 0.151 e. The van der Waals surface area contributed by atoms with Crippen molar-refractivity contribution in [2.75, 3.05) is 23.3 Å². The molecule has 160 valence electrons. The van der Waals surface area contributed by atoms with Crippen LogP contribution in [0.15, 0.2) is 48.5 Å². The fourth-order valence-corrected chi connectivity index (χ4v) is 4.35. The summed E-state index contributed by atoms with van der Waals surface area (Å²) >= 11 is 0. The van der Waals surface area contributed by atoms with Crippen molar-refractivity contribution in [1.29, 1.82) is 5.26 Å². The summed E-state index contributed by atoms with van der Waals surface area (Å²) in [6.45, 7) is 10.5. The number of nitrogens with zero attached hydrogens (tertiary/aromatic N) is 3. The van der Waals surface area contributed by atoms with Gasteiger partial charge in [0.1, 0.15) is 11.6 Å². The Balaban J connectivity index is 1.70. The molecule has 0 aliphatic carbocycles. The van der Waals surface area contributed by atoms with Crippen molar-refractivity contribution >= 4 is 28.1 Å². The molecule has 4 rings (SSSR count). The third kappa shape index (κ3) is 4.81. The molecule has 5 nitrogen and oxygen atoms in total. The fraction of sp³-hybridized carbons (Fsp3) is 0.385. The molecule has 0 radical (unpaired) electrons. The van der Waals surface area contributed by atoms with Gasteiger partial charge in [-0.2, -0.15) is 5.26 Å². The number of nitriles is 1. The van der Waals surface area contributed by atoms with Crippen LogP contribution >= 0.6 is 0 Å². The van der Waals surface area contributed by atoms with E-state index in [0.717, 1.165) is 48.2 Å². The van der Waals surface area contributed by atoms with Crippen molar-refractivity contribution < 1.29 is 0 Å². The number of fused-ring (bicyclic) bond motifs is 1. The average Bonchev–Trinajstić information content (AvgIpc) is 2.74. The summed E-state index contributed by atoms with van der Waals surface area (Å²) in [7, 11) is 0. The molecule has 1 aliphatic heterocycles. The number of rotatable bonds is 4. The minimum atomic E-state index is 0.110. The Labute approximate surface area is 185 Å². The van der Waals surface area contributed by atoms with Crippen LogP contribution in [0.3, 0.4) is 0 Å². The Morgan fingerprint density at radius 2 is 1.71 bits per heavy atom. The Bertz CT molecular complexity index is 1100. The molecule has 1 fully saturated rings. The highest BCUT2D eigenvalue weighted by molar-refractivity contribution is 5.98. The third-order valence-corrected chi connectivity index (χ3v) is 5.74. The van der Waals surface area contributed by atoms with Crippen LogP contribution in [0.5, 0.6) is 0 Å². The zero-order valence-electron chi connectivity index (χ0n) is 18.9. The first-order valence-electron chi connectivity index (χ1n) is 11.0. The maximum atomic E-state index is 10.1. The van der Waals surface area contributed by atoms with E-state index < -0.39 is 0 Å². The first kappa shape index (κ1) is 21.1. The number of benzene rings is 2. The maximum absolute atomic E-state index is 10.1. The molecule has 31 heavy (non-hydrogen) atoms. The number of pyridine rings is 1. The number of hydrogen-bond acceptors (Lipinski definition) is 5. The molecule has 0 bridgehead atoms. The van der Waals surface area contributed by atoms with Crippen LogP contribution in [-0.2, 0) is 0 Å². The van der Waals surface area contributed by atoms with Crippen molar-refractivity contribution in [3.05, 3.63) is 59.7 Å². The van der Waals surface area contributed by atoms with Gasteiger partial charge in [-0.05, 0) is 58.7 Å². The van der Waals surface area contributed by atoms with E-state index in [1.807, 2.05) is 30.3 Å². The Morgan fingerprint density at radius 1 is 1.03 bits per heavy atom. The smallest absolute Gasteiger partial charge is 0.151 e. The molecule has 0 atom stereocenters. The lowest BCUT2D eigenvalue weighted by atomic mass is 9.98. The fourth-order valence-electron chi connectivity index (χ4n) is 4.35. The molecule has 5 heteroatoms. The van der Waals surface area contributed by atoms with Gasteiger partial charge in [0.05, 0.1) is 11.2 Å². The van der Waals surface area contributed by atoms with Crippen LogP contribution in [0.1, 0.15) is 44.7 Å². The predicted molar refractivity (Wildman–Crippen MR) is 129 cm³/mol. The number of aryl methyl sites for hydroxylation is 1. The van der Waals surface area contributed by atoms with Crippen LogP contribution in [0.2, 0.25) is 0 Å². The lowest BCUT2D eigenvalue weighted by molar-refractivity contribution is 0.317. The molecule has 0 saturated carbocycles. The van der Waals surface area contributed by atoms with E-state index in [9.17, 15) is 5.26 Å². The Hall–Kier alpha value is -3.10. The van der Waals surface area contributed by atoms with Crippen molar-refractivity contribution in [3.8, 4) is 6.07 Å². The monoisotopic (exact) mass is 413 g/mol. The Kier molecular flexibility index (Phi) is 5.84. The van der Waals surface area contributed by atoms with E-state index in [1.165, 1.54) is 5.56 Å². The summed E-state index contributed by atoms with van der Waals surface area (Å²) in [5, 5.41) is 18.3. The number of para-hydroxylation sites is 1. The van der Waals surface area contributed by atoms with E-state index in [1.54, 1.807) is 0 Å². The second kappa shape index (κ2) is 8.56. The molecule has 2 aromatic carbocycles. The van der Waals surface area contributed by atoms with Crippen LogP contribution in [-0.4, -0.2) is 29.7 Å². The first-order chi connectivity index (χ1) is 14.8. The van der Waals surface area contributed by atoms with Gasteiger partial charge < -0.3 is 15.5 Å². The highest BCUT2D eigenvalue weighted by Gasteiger charge is 2.27. The minimum Gasteiger partial charge on any atom is -0.370 e. The van der Waals surface area contributed by atoms with Gasteiger partial charge in [0, 0.05) is 35.7 Å². The molecular formula is C26H31N5. The summed E-state index contributed by atoms with van der Waals surface area (Å²) in [6, 6.07) is 19.2. The van der Waals surface area contributed by atoms with Crippen LogP contribution in [0.25, 0.3) is 10.9 Å². The summed E-state index contributed by atoms with van der Waals surface area (Å²) in [6.07, 6.45) is 2.11. The quantitative estimate of drug-likeness (QED) is 0.590. The van der Waals surface area contributed by atoms with Gasteiger partial charge in [-0.25, -0.2) is 4.98 Å². The normalized spacial score (nSPS) is 15.1. The molecule has 3 aromatic rings. The van der Waals surface area contributed by atoms with Gasteiger partial charge >= 0.3 is 0 Å². The van der Waals surface area contributed by atoms with Gasteiger partial charge in [0.15, 0.2) is 5.82 Å². The molecule has 2 N–H and O–H groups in total. The van der Waals surface area contributed by atoms with E-state index in [-0.39, 0.29) is 5.54 Å². The minimum absolute atomic E-state index is 0.110. The van der Waals surface area contributed by atoms with Gasteiger partial charge in [0.2, 0.25) is 0 Å². The SMILES string of the molecule is Cc1ccc(Nc2nc3ccccc3c(N3CCC(NC(C)(C)C)CC3)c2C#N)cc1. The number of hydrogen-bond donors (Lipinski definition) is 2. The van der Waals surface area contributed by atoms with Crippen LogP contribution in [0.4, 0.5) is 17.2 Å². The van der Waals surface area contributed by atoms with Gasteiger partial charge in [0.25, 0.3) is 0 Å². The lowest BCUT2D eigenvalue weighted by Crippen LogP contribution is -2.49. The highest BCUT2D eigenvalue weighted by Crippen LogP contribution is 2.36. The van der Waals surface area contributed by atoms with Gasteiger partial charge in [-0.15, -0.1) is 0 Å². The third-order valence-electron chi connectivity index (χ3n) is 5.74. The number of nitrogens with one attached hydrogen (secondary N) is 2. The van der Waals surface area contributed by atoms with Crippen molar-refractivity contribution in [1.82, 2.24) is 10.3 Å². The molecule has 0 unspecified atom stereocenters. The summed E-state index contributed by atoms with van der Waals surface area (Å²) in [5.41, 5.74) is 4.76. The summed E-state index contributed by atoms with van der Waals surface area (Å²) in [4.78, 5) is 7.17. The molecule has 0 spiro atoms. The first-order valence-corrected chi connectivity index (χ1v) is 11.0. The number of aromatic nitrogens is 1. The molecule has 1 aromatic heterocycles. The van der Waals surface area contributed by atoms with E-state index in [0.29, 0.717) is 17.4 Å². The van der Waals surface area contributed by atoms with E-state index >= 15 is 0 Å². The molecule has 0 amide bonds. The molecule has 1 aliphatic rings. The van der Waals surface area contributed by atoms with E-state index in [2.05, 4.69) is 67.5 Å². The molecule has 1 saturated heterocycles. The largest absolute Gasteiger partial charge is 0.370 e. The zero-order chi connectivity index (χ0) is 22.0. The number of piperidine rings is 1. The van der Waals surface area contributed by atoms with Crippen LogP contribution in [0, 0.1) is 18.3 Å². The topological polar surface area (TPSA) is 64.0 Å². The van der Waals surface area contributed by atoms with Crippen LogP contribution < -0.4 is 15.5 Å². The lowest BCUT2D eigenvalue weighted by Gasteiger charge is -2.38. The highest BCUT2D eigenvalue weighted by atomic mass is 15.2. The molecular weight excluding hydrogens is 382 g/mol. The second-order valence-electron chi connectivity index (χ2n) is 9.46. The second-order valence-corrected chi connectivity index (χ2v) is 9.46.